The van der Waals surface area contributed by atoms with Gasteiger partial charge in [-0.15, -0.1) is 0 Å². The fourth-order valence-corrected chi connectivity index (χ4v) is 3.09. The molecule has 2 heteroatoms. The molecule has 2 fully saturated rings. The summed E-state index contributed by atoms with van der Waals surface area (Å²) in [5, 5.41) is 0. The molecule has 2 rings (SSSR count). The Hall–Kier alpha value is -0.0800. The van der Waals surface area contributed by atoms with Gasteiger partial charge in [0.1, 0.15) is 0 Å². The van der Waals surface area contributed by atoms with Crippen LogP contribution in [0, 0.1) is 5.92 Å². The molecule has 2 nitrogen and oxygen atoms in total. The maximum Gasteiger partial charge on any atom is 0.0218 e. The zero-order chi connectivity index (χ0) is 9.80. The van der Waals surface area contributed by atoms with Gasteiger partial charge in [-0.05, 0) is 38.1 Å². The molecule has 1 atom stereocenters. The molecule has 0 bridgehead atoms. The van der Waals surface area contributed by atoms with Crippen molar-refractivity contribution in [3.63, 3.8) is 0 Å². The van der Waals surface area contributed by atoms with Crippen molar-refractivity contribution in [2.24, 2.45) is 11.7 Å². The van der Waals surface area contributed by atoms with E-state index in [0.717, 1.165) is 12.5 Å². The van der Waals surface area contributed by atoms with Crippen molar-refractivity contribution in [2.45, 2.75) is 51.0 Å². The summed E-state index contributed by atoms with van der Waals surface area (Å²) < 4.78 is 0. The quantitative estimate of drug-likeness (QED) is 0.748. The molecule has 1 saturated carbocycles. The SMILES string of the molecule is NCC1CCCCN1CC1CCCC1. The largest absolute Gasteiger partial charge is 0.329 e. The summed E-state index contributed by atoms with van der Waals surface area (Å²) in [5.74, 6) is 0.988. The van der Waals surface area contributed by atoms with E-state index in [9.17, 15) is 0 Å². The van der Waals surface area contributed by atoms with Gasteiger partial charge in [0, 0.05) is 19.1 Å². The fourth-order valence-electron chi connectivity index (χ4n) is 3.09. The van der Waals surface area contributed by atoms with E-state index in [1.54, 1.807) is 0 Å². The molecule has 0 aromatic carbocycles. The Kier molecular flexibility index (Phi) is 3.82. The van der Waals surface area contributed by atoms with Crippen LogP contribution in [-0.4, -0.2) is 30.6 Å². The highest BCUT2D eigenvalue weighted by atomic mass is 15.2. The third kappa shape index (κ3) is 2.48. The average molecular weight is 196 g/mol. The normalized spacial score (nSPS) is 31.1. The minimum atomic E-state index is 0.698. The van der Waals surface area contributed by atoms with Crippen molar-refractivity contribution >= 4 is 0 Å². The van der Waals surface area contributed by atoms with E-state index in [0.29, 0.717) is 6.04 Å². The van der Waals surface area contributed by atoms with Gasteiger partial charge in [-0.25, -0.2) is 0 Å². The number of rotatable bonds is 3. The van der Waals surface area contributed by atoms with E-state index in [4.69, 9.17) is 5.73 Å². The lowest BCUT2D eigenvalue weighted by Crippen LogP contribution is -2.45. The molecule has 0 amide bonds. The standard InChI is InChI=1S/C12H24N2/c13-9-12-7-3-4-8-14(12)10-11-5-1-2-6-11/h11-12H,1-10,13H2. The molecular formula is C12H24N2. The molecule has 2 N–H and O–H groups in total. The summed E-state index contributed by atoms with van der Waals surface area (Å²) >= 11 is 0. The Bertz CT molecular complexity index is 164. The van der Waals surface area contributed by atoms with E-state index in [2.05, 4.69) is 4.90 Å². The molecule has 0 spiro atoms. The Morgan fingerprint density at radius 2 is 1.71 bits per heavy atom. The van der Waals surface area contributed by atoms with Crippen LogP contribution in [0.2, 0.25) is 0 Å². The topological polar surface area (TPSA) is 29.3 Å². The van der Waals surface area contributed by atoms with Crippen LogP contribution in [0.4, 0.5) is 0 Å². The van der Waals surface area contributed by atoms with E-state index in [1.807, 2.05) is 0 Å². The molecule has 1 aliphatic heterocycles. The molecule has 1 aliphatic carbocycles. The van der Waals surface area contributed by atoms with Crippen molar-refractivity contribution in [3.8, 4) is 0 Å². The fraction of sp³-hybridized carbons (Fsp3) is 1.00. The smallest absolute Gasteiger partial charge is 0.0218 e. The lowest BCUT2D eigenvalue weighted by atomic mass is 9.99. The van der Waals surface area contributed by atoms with Crippen molar-refractivity contribution in [1.29, 1.82) is 0 Å². The van der Waals surface area contributed by atoms with Gasteiger partial charge in [-0.3, -0.25) is 4.90 Å². The van der Waals surface area contributed by atoms with Crippen LogP contribution in [-0.2, 0) is 0 Å². The van der Waals surface area contributed by atoms with Crippen molar-refractivity contribution in [3.05, 3.63) is 0 Å². The van der Waals surface area contributed by atoms with Crippen LogP contribution in [0.15, 0.2) is 0 Å². The predicted molar refractivity (Wildman–Crippen MR) is 60.2 cm³/mol. The van der Waals surface area contributed by atoms with Gasteiger partial charge in [0.15, 0.2) is 0 Å². The van der Waals surface area contributed by atoms with Gasteiger partial charge in [-0.2, -0.15) is 0 Å². The number of likely N-dealkylation sites (tertiary alicyclic amines) is 1. The number of hydrogen-bond acceptors (Lipinski definition) is 2. The Balaban J connectivity index is 1.81. The molecule has 1 heterocycles. The number of nitrogens with two attached hydrogens (primary N) is 1. The lowest BCUT2D eigenvalue weighted by molar-refractivity contribution is 0.130. The van der Waals surface area contributed by atoms with Gasteiger partial charge in [0.05, 0.1) is 0 Å². The highest BCUT2D eigenvalue weighted by Crippen LogP contribution is 2.27. The number of nitrogens with zero attached hydrogens (tertiary/aromatic N) is 1. The second kappa shape index (κ2) is 5.13. The van der Waals surface area contributed by atoms with Crippen molar-refractivity contribution in [1.82, 2.24) is 4.90 Å². The third-order valence-electron chi connectivity index (χ3n) is 3.99. The minimum absolute atomic E-state index is 0.698. The van der Waals surface area contributed by atoms with Crippen LogP contribution < -0.4 is 5.73 Å². The van der Waals surface area contributed by atoms with Crippen LogP contribution in [0.3, 0.4) is 0 Å². The monoisotopic (exact) mass is 196 g/mol. The summed E-state index contributed by atoms with van der Waals surface area (Å²) in [4.78, 5) is 2.67. The second-order valence-electron chi connectivity index (χ2n) is 5.03. The van der Waals surface area contributed by atoms with Gasteiger partial charge in [0.25, 0.3) is 0 Å². The summed E-state index contributed by atoms with van der Waals surface area (Å²) in [7, 11) is 0. The van der Waals surface area contributed by atoms with Gasteiger partial charge in [-0.1, -0.05) is 19.3 Å². The van der Waals surface area contributed by atoms with Gasteiger partial charge < -0.3 is 5.73 Å². The predicted octanol–water partition coefficient (Wildman–Crippen LogP) is 1.99. The van der Waals surface area contributed by atoms with E-state index in [-0.39, 0.29) is 0 Å². The maximum atomic E-state index is 5.83. The number of hydrogen-bond donors (Lipinski definition) is 1. The lowest BCUT2D eigenvalue weighted by Gasteiger charge is -2.36. The first-order valence-electron chi connectivity index (χ1n) is 6.34. The molecule has 0 radical (unpaired) electrons. The van der Waals surface area contributed by atoms with Gasteiger partial charge in [0.2, 0.25) is 0 Å². The Morgan fingerprint density at radius 3 is 2.43 bits per heavy atom. The second-order valence-corrected chi connectivity index (χ2v) is 5.03. The van der Waals surface area contributed by atoms with Crippen LogP contribution in [0.25, 0.3) is 0 Å². The zero-order valence-electron chi connectivity index (χ0n) is 9.25. The zero-order valence-corrected chi connectivity index (χ0v) is 9.25. The molecule has 0 aromatic heterocycles. The maximum absolute atomic E-state index is 5.83. The summed E-state index contributed by atoms with van der Waals surface area (Å²) in [6.45, 7) is 3.51. The molecule has 1 unspecified atom stereocenters. The Morgan fingerprint density at radius 1 is 1.00 bits per heavy atom. The first kappa shape index (κ1) is 10.4. The summed E-state index contributed by atoms with van der Waals surface area (Å²) in [5.41, 5.74) is 5.83. The third-order valence-corrected chi connectivity index (χ3v) is 3.99. The average Bonchev–Trinajstić information content (AvgIpc) is 2.71. The molecule has 2 aliphatic rings. The Labute approximate surface area is 87.8 Å². The van der Waals surface area contributed by atoms with Gasteiger partial charge >= 0.3 is 0 Å². The summed E-state index contributed by atoms with van der Waals surface area (Å²) in [6, 6.07) is 0.698. The molecule has 0 aromatic rings. The van der Waals surface area contributed by atoms with E-state index < -0.39 is 0 Å². The van der Waals surface area contributed by atoms with Crippen LogP contribution in [0.5, 0.6) is 0 Å². The minimum Gasteiger partial charge on any atom is -0.329 e. The van der Waals surface area contributed by atoms with E-state index >= 15 is 0 Å². The van der Waals surface area contributed by atoms with Crippen molar-refractivity contribution in [2.75, 3.05) is 19.6 Å². The van der Waals surface area contributed by atoms with Crippen molar-refractivity contribution < 1.29 is 0 Å². The molecule has 82 valence electrons. The molecular weight excluding hydrogens is 172 g/mol. The van der Waals surface area contributed by atoms with Crippen LogP contribution in [0.1, 0.15) is 44.9 Å². The highest BCUT2D eigenvalue weighted by Gasteiger charge is 2.25. The molecule has 14 heavy (non-hydrogen) atoms. The van der Waals surface area contributed by atoms with Crippen LogP contribution >= 0.6 is 0 Å². The summed E-state index contributed by atoms with van der Waals surface area (Å²) in [6.07, 6.45) is 9.98. The van der Waals surface area contributed by atoms with E-state index in [1.165, 1.54) is 58.0 Å². The first-order chi connectivity index (χ1) is 6.90. The first-order valence-corrected chi connectivity index (χ1v) is 6.34. The molecule has 1 saturated heterocycles. The highest BCUT2D eigenvalue weighted by molar-refractivity contribution is 4.81. The number of piperidine rings is 1.